The van der Waals surface area contributed by atoms with Crippen molar-refractivity contribution in [2.45, 2.75) is 70.8 Å². The van der Waals surface area contributed by atoms with Crippen molar-refractivity contribution >= 4 is 74.9 Å². The zero-order valence-electron chi connectivity index (χ0n) is 36.5. The Bertz CT molecular complexity index is 2230. The molecule has 6 nitrogen and oxygen atoms in total. The van der Waals surface area contributed by atoms with E-state index in [4.69, 9.17) is 60.6 Å². The van der Waals surface area contributed by atoms with Crippen LogP contribution in [0.4, 0.5) is 11.4 Å². The van der Waals surface area contributed by atoms with Crippen molar-refractivity contribution < 1.29 is 19.0 Å². The highest BCUT2D eigenvalue weighted by Crippen LogP contribution is 2.53. The maximum Gasteiger partial charge on any atom is 0.341 e. The summed E-state index contributed by atoms with van der Waals surface area (Å²) < 4.78 is 18.9. The third-order valence-electron chi connectivity index (χ3n) is 11.1. The molecule has 0 unspecified atom stereocenters. The molecule has 62 heavy (non-hydrogen) atoms. The summed E-state index contributed by atoms with van der Waals surface area (Å²) in [4.78, 5) is 18.4. The van der Waals surface area contributed by atoms with Gasteiger partial charge in [0.25, 0.3) is 0 Å². The fraction of sp³-hybridized carbons (Fsp3) is 0.327. The number of fused-ring (bicyclic) bond motifs is 1. The normalized spacial score (nSPS) is 13.5. The van der Waals surface area contributed by atoms with Gasteiger partial charge in [-0.05, 0) is 107 Å². The van der Waals surface area contributed by atoms with Gasteiger partial charge in [-0.2, -0.15) is 0 Å². The number of ether oxygens (including phenoxy) is 3. The van der Waals surface area contributed by atoms with E-state index in [1.54, 1.807) is 0 Å². The number of nitrogens with zero attached hydrogens (tertiary/aromatic N) is 2. The van der Waals surface area contributed by atoms with Gasteiger partial charge in [0.15, 0.2) is 5.60 Å². The summed E-state index contributed by atoms with van der Waals surface area (Å²) in [7, 11) is 8.00. The average molecular weight is 915 g/mol. The Morgan fingerprint density at radius 1 is 0.532 bits per heavy atom. The molecule has 0 fully saturated rings. The first-order chi connectivity index (χ1) is 29.9. The molecule has 0 bridgehead atoms. The Morgan fingerprint density at radius 2 is 0.903 bits per heavy atom. The molecule has 0 saturated heterocycles. The van der Waals surface area contributed by atoms with Gasteiger partial charge in [-0.3, -0.25) is 0 Å². The van der Waals surface area contributed by atoms with E-state index in [1.807, 2.05) is 98.7 Å². The molecule has 1 aliphatic rings. The lowest BCUT2D eigenvalue weighted by Crippen LogP contribution is -2.23. The molecule has 0 aromatic heterocycles. The molecule has 0 N–H and O–H groups in total. The van der Waals surface area contributed by atoms with Gasteiger partial charge in [-0.15, -0.1) is 0 Å². The number of carbonyl (C=O) groups is 1. The van der Waals surface area contributed by atoms with Gasteiger partial charge in [0, 0.05) is 45.1 Å². The largest absolute Gasteiger partial charge is 0.494 e. The summed E-state index contributed by atoms with van der Waals surface area (Å²) in [5.74, 6) is 0.863. The van der Waals surface area contributed by atoms with Crippen LogP contribution in [0.15, 0.2) is 109 Å². The van der Waals surface area contributed by atoms with Crippen LogP contribution in [-0.4, -0.2) is 47.4 Å². The predicted octanol–water partition coefficient (Wildman–Crippen LogP) is 15.0. The summed E-state index contributed by atoms with van der Waals surface area (Å²) in [6, 6.07) is 32.4. The number of unbranched alkanes of at least 4 members (excludes halogenated alkanes) is 6. The third kappa shape index (κ3) is 10.9. The molecule has 1 aliphatic heterocycles. The summed E-state index contributed by atoms with van der Waals surface area (Å²) in [5, 5.41) is 0.0422. The zero-order valence-corrected chi connectivity index (χ0v) is 39.5. The minimum absolute atomic E-state index is 0.0210. The van der Waals surface area contributed by atoms with Gasteiger partial charge in [-0.25, -0.2) is 4.79 Å². The number of hydrogen-bond donors (Lipinski definition) is 0. The van der Waals surface area contributed by atoms with Gasteiger partial charge >= 0.3 is 5.97 Å². The molecule has 10 heteroatoms. The van der Waals surface area contributed by atoms with Crippen molar-refractivity contribution in [3.8, 4) is 11.5 Å². The molecule has 5 aromatic carbocycles. The maximum atomic E-state index is 14.3. The Balaban J connectivity index is 1.60. The van der Waals surface area contributed by atoms with Crippen molar-refractivity contribution in [3.05, 3.63) is 163 Å². The van der Waals surface area contributed by atoms with E-state index in [-0.39, 0.29) is 25.7 Å². The van der Waals surface area contributed by atoms with Crippen LogP contribution in [0.25, 0.3) is 11.1 Å². The van der Waals surface area contributed by atoms with Crippen molar-refractivity contribution in [3.63, 3.8) is 0 Å². The molecule has 0 atom stereocenters. The van der Waals surface area contributed by atoms with Crippen LogP contribution >= 0.6 is 46.4 Å². The van der Waals surface area contributed by atoms with E-state index >= 15 is 0 Å². The van der Waals surface area contributed by atoms with Gasteiger partial charge in [0.2, 0.25) is 0 Å². The molecule has 0 radical (unpaired) electrons. The van der Waals surface area contributed by atoms with Gasteiger partial charge < -0.3 is 24.0 Å². The fourth-order valence-corrected chi connectivity index (χ4v) is 8.64. The van der Waals surface area contributed by atoms with E-state index < -0.39 is 11.6 Å². The van der Waals surface area contributed by atoms with Crippen LogP contribution in [0, 0.1) is 0 Å². The first-order valence-corrected chi connectivity index (χ1v) is 23.0. The minimum Gasteiger partial charge on any atom is -0.494 e. The number of carbonyl (C=O) groups excluding carboxylic acids is 1. The Kier molecular flexibility index (Phi) is 16.4. The quantitative estimate of drug-likeness (QED) is 0.0336. The summed E-state index contributed by atoms with van der Waals surface area (Å²) in [6.45, 7) is 5.68. The number of cyclic esters (lactones) is 1. The maximum absolute atomic E-state index is 14.3. The zero-order chi connectivity index (χ0) is 44.4. The lowest BCUT2D eigenvalue weighted by molar-refractivity contribution is 0.0300. The summed E-state index contributed by atoms with van der Waals surface area (Å²) in [5.41, 5.74) is 5.78. The highest BCUT2D eigenvalue weighted by molar-refractivity contribution is 6.53. The van der Waals surface area contributed by atoms with E-state index in [9.17, 15) is 4.79 Å². The first kappa shape index (κ1) is 46.9. The van der Waals surface area contributed by atoms with E-state index in [0.717, 1.165) is 94.8 Å². The second-order valence-corrected chi connectivity index (χ2v) is 17.6. The lowest BCUT2D eigenvalue weighted by Gasteiger charge is -2.27. The number of hydrogen-bond acceptors (Lipinski definition) is 6. The molecule has 326 valence electrons. The second-order valence-electron chi connectivity index (χ2n) is 16.1. The Hall–Kier alpha value is -4.59. The molecule has 0 spiro atoms. The third-order valence-corrected chi connectivity index (χ3v) is 12.9. The van der Waals surface area contributed by atoms with Crippen LogP contribution in [-0.2, 0) is 10.3 Å². The fourth-order valence-electron chi connectivity index (χ4n) is 7.56. The topological polar surface area (TPSA) is 51.2 Å². The average Bonchev–Trinajstić information content (AvgIpc) is 3.57. The minimum atomic E-state index is -1.64. The van der Waals surface area contributed by atoms with Crippen LogP contribution < -0.4 is 19.3 Å². The van der Waals surface area contributed by atoms with Crippen molar-refractivity contribution in [2.24, 2.45) is 0 Å². The van der Waals surface area contributed by atoms with Crippen molar-refractivity contribution in [1.29, 1.82) is 0 Å². The highest BCUT2D eigenvalue weighted by Gasteiger charge is 2.48. The smallest absolute Gasteiger partial charge is 0.341 e. The monoisotopic (exact) mass is 912 g/mol. The van der Waals surface area contributed by atoms with Crippen LogP contribution in [0.3, 0.4) is 0 Å². The number of esters is 1. The van der Waals surface area contributed by atoms with Crippen LogP contribution in [0.5, 0.6) is 11.5 Å². The molecular weight excluding hydrogens is 858 g/mol. The predicted molar refractivity (Wildman–Crippen MR) is 261 cm³/mol. The highest BCUT2D eigenvalue weighted by atomic mass is 35.5. The van der Waals surface area contributed by atoms with Crippen molar-refractivity contribution in [1.82, 2.24) is 0 Å². The molecule has 1 heterocycles. The first-order valence-electron chi connectivity index (χ1n) is 21.4. The lowest BCUT2D eigenvalue weighted by atomic mass is 9.83. The van der Waals surface area contributed by atoms with Gasteiger partial charge in [0.05, 0.1) is 38.9 Å². The van der Waals surface area contributed by atoms with Gasteiger partial charge in [-0.1, -0.05) is 147 Å². The molecule has 6 rings (SSSR count). The SMILES string of the molecule is CCCCCCOc1ccc(/C(=C/C2(/C=C(/c3ccc(OCCCCCC)cc3)c3ccc(N(C)C)cc3)OC(=O)c3c(Cl)c(Cl)c(Cl)c(Cl)c32)c2ccc(N(C)C)cc2)cc1. The molecular formula is C52H56Cl4N2O4. The number of halogens is 4. The van der Waals surface area contributed by atoms with Gasteiger partial charge in [0.1, 0.15) is 11.5 Å². The van der Waals surface area contributed by atoms with Crippen molar-refractivity contribution in [2.75, 3.05) is 51.2 Å². The standard InChI is InChI=1S/C52H56Cl4N2O4/c1-7-9-11-13-31-60-41-27-19-37(20-28-41)43(35-15-23-39(24-16-35)57(3)4)33-52(46-45(51(59)62-52)47(53)49(55)50(56)48(46)54)34-44(36-17-25-40(26-18-36)58(5)6)38-21-29-42(30-22-38)61-32-14-12-10-8-2/h15-30,33-34H,7-14,31-32H2,1-6H3/b43-33+,44-34+. The molecule has 0 aliphatic carbocycles. The molecule has 0 amide bonds. The molecule has 0 saturated carbocycles. The Morgan fingerprint density at radius 3 is 1.27 bits per heavy atom. The number of benzene rings is 5. The van der Waals surface area contributed by atoms with E-state index in [2.05, 4.69) is 62.4 Å². The van der Waals surface area contributed by atoms with E-state index in [1.165, 1.54) is 12.8 Å². The number of anilines is 2. The van der Waals surface area contributed by atoms with Crippen LogP contribution in [0.1, 0.15) is 103 Å². The second kappa shape index (κ2) is 21.7. The van der Waals surface area contributed by atoms with E-state index in [0.29, 0.717) is 18.8 Å². The summed E-state index contributed by atoms with van der Waals surface area (Å²) in [6.07, 6.45) is 12.8. The molecule has 5 aromatic rings. The number of rotatable bonds is 20. The van der Waals surface area contributed by atoms with Crippen LogP contribution in [0.2, 0.25) is 20.1 Å². The Labute approximate surface area is 388 Å². The summed E-state index contributed by atoms with van der Waals surface area (Å²) >= 11 is 27.6.